The lowest BCUT2D eigenvalue weighted by molar-refractivity contribution is -0.136. The molecule has 0 radical (unpaired) electrons. The summed E-state index contributed by atoms with van der Waals surface area (Å²) in [4.78, 5) is 53.8. The standard InChI is InChI=1S/C23H26N4O4/c28-18-9-8-17(21(29)25-18)27-22(30)14-4-1-3-12(19(14)23(27)31)11-26-10-2-5-13-15-6-7-16(24-15)20(13)26/h1,3-4,13,15-17,20,24H,2,5-11H2,(H,25,28,29). The Morgan fingerprint density at radius 1 is 0.968 bits per heavy atom. The summed E-state index contributed by atoms with van der Waals surface area (Å²) in [5, 5.41) is 6.03. The molecule has 4 saturated heterocycles. The summed E-state index contributed by atoms with van der Waals surface area (Å²) in [6, 6.07) is 6.13. The number of hydrogen-bond donors (Lipinski definition) is 2. The molecular weight excluding hydrogens is 396 g/mol. The Hall–Kier alpha value is -2.58. The molecule has 0 aromatic heterocycles. The second-order valence-electron chi connectivity index (χ2n) is 9.51. The number of fused-ring (bicyclic) bond motifs is 6. The van der Waals surface area contributed by atoms with E-state index in [1.165, 1.54) is 19.3 Å². The maximum atomic E-state index is 13.4. The predicted octanol–water partition coefficient (Wildman–Crippen LogP) is 0.803. The molecular formula is C23H26N4O4. The summed E-state index contributed by atoms with van der Waals surface area (Å²) in [6.45, 7) is 1.63. The van der Waals surface area contributed by atoms with E-state index in [0.29, 0.717) is 41.7 Å². The second kappa shape index (κ2) is 6.97. The number of likely N-dealkylation sites (tertiary alicyclic amines) is 1. The van der Waals surface area contributed by atoms with Crippen LogP contribution in [0.2, 0.25) is 0 Å². The Morgan fingerprint density at radius 3 is 2.65 bits per heavy atom. The lowest BCUT2D eigenvalue weighted by Gasteiger charge is -2.43. The van der Waals surface area contributed by atoms with Crippen molar-refractivity contribution < 1.29 is 19.2 Å². The monoisotopic (exact) mass is 422 g/mol. The number of rotatable bonds is 3. The molecule has 0 spiro atoms. The van der Waals surface area contributed by atoms with Gasteiger partial charge in [-0.3, -0.25) is 34.3 Å². The summed E-state index contributed by atoms with van der Waals surface area (Å²) in [5.74, 6) is -1.11. The average molecular weight is 422 g/mol. The molecule has 162 valence electrons. The Kier molecular flexibility index (Phi) is 4.30. The van der Waals surface area contributed by atoms with Gasteiger partial charge in [0.05, 0.1) is 11.1 Å². The summed E-state index contributed by atoms with van der Waals surface area (Å²) in [7, 11) is 0. The number of nitrogens with zero attached hydrogens (tertiary/aromatic N) is 2. The summed E-state index contributed by atoms with van der Waals surface area (Å²) in [6.07, 6.45) is 5.17. The van der Waals surface area contributed by atoms with Crippen LogP contribution in [0.4, 0.5) is 0 Å². The molecule has 1 aromatic carbocycles. The number of piperidine rings is 2. The molecule has 6 rings (SSSR count). The fourth-order valence-corrected chi connectivity index (χ4v) is 6.64. The molecule has 4 amide bonds. The number of carbonyl (C=O) groups excluding carboxylic acids is 4. The predicted molar refractivity (Wildman–Crippen MR) is 110 cm³/mol. The molecule has 0 aliphatic carbocycles. The van der Waals surface area contributed by atoms with Crippen LogP contribution in [0.1, 0.15) is 64.8 Å². The highest BCUT2D eigenvalue weighted by Gasteiger charge is 2.51. The van der Waals surface area contributed by atoms with Crippen molar-refractivity contribution in [2.75, 3.05) is 6.54 Å². The zero-order valence-corrected chi connectivity index (χ0v) is 17.3. The number of carbonyl (C=O) groups is 4. The average Bonchev–Trinajstić information content (AvgIpc) is 3.44. The van der Waals surface area contributed by atoms with Crippen LogP contribution in [0.15, 0.2) is 18.2 Å². The molecule has 4 fully saturated rings. The zero-order chi connectivity index (χ0) is 21.3. The van der Waals surface area contributed by atoms with Gasteiger partial charge in [-0.05, 0) is 56.2 Å². The molecule has 0 saturated carbocycles. The van der Waals surface area contributed by atoms with Gasteiger partial charge in [-0.15, -0.1) is 0 Å². The van der Waals surface area contributed by atoms with Crippen LogP contribution in [0.25, 0.3) is 0 Å². The minimum absolute atomic E-state index is 0.128. The van der Waals surface area contributed by atoms with Crippen LogP contribution in [0, 0.1) is 5.92 Å². The molecule has 8 nitrogen and oxygen atoms in total. The van der Waals surface area contributed by atoms with Gasteiger partial charge in [0.25, 0.3) is 11.8 Å². The highest BCUT2D eigenvalue weighted by molar-refractivity contribution is 6.24. The Labute approximate surface area is 180 Å². The van der Waals surface area contributed by atoms with Crippen LogP contribution in [-0.2, 0) is 16.1 Å². The van der Waals surface area contributed by atoms with E-state index in [0.717, 1.165) is 23.4 Å². The van der Waals surface area contributed by atoms with E-state index < -0.39 is 23.8 Å². The highest BCUT2D eigenvalue weighted by Crippen LogP contribution is 2.42. The first-order valence-corrected chi connectivity index (χ1v) is 11.4. The number of imide groups is 2. The van der Waals surface area contributed by atoms with Crippen LogP contribution in [0.5, 0.6) is 0 Å². The van der Waals surface area contributed by atoms with E-state index in [-0.39, 0.29) is 18.7 Å². The molecule has 5 aliphatic rings. The molecule has 2 bridgehead atoms. The van der Waals surface area contributed by atoms with Gasteiger partial charge in [0.15, 0.2) is 0 Å². The van der Waals surface area contributed by atoms with E-state index in [9.17, 15) is 19.2 Å². The van der Waals surface area contributed by atoms with Gasteiger partial charge in [0.1, 0.15) is 6.04 Å². The van der Waals surface area contributed by atoms with Crippen molar-refractivity contribution >= 4 is 23.6 Å². The van der Waals surface area contributed by atoms with E-state index in [1.807, 2.05) is 12.1 Å². The third-order valence-corrected chi connectivity index (χ3v) is 7.92. The van der Waals surface area contributed by atoms with Crippen LogP contribution >= 0.6 is 0 Å². The van der Waals surface area contributed by atoms with Crippen molar-refractivity contribution in [2.45, 2.75) is 69.2 Å². The van der Waals surface area contributed by atoms with Gasteiger partial charge < -0.3 is 5.32 Å². The highest BCUT2D eigenvalue weighted by atomic mass is 16.2. The van der Waals surface area contributed by atoms with E-state index in [4.69, 9.17) is 0 Å². The van der Waals surface area contributed by atoms with Gasteiger partial charge >= 0.3 is 0 Å². The maximum Gasteiger partial charge on any atom is 0.262 e. The summed E-state index contributed by atoms with van der Waals surface area (Å²) >= 11 is 0. The van der Waals surface area contributed by atoms with Crippen LogP contribution in [-0.4, -0.2) is 64.1 Å². The third-order valence-electron chi connectivity index (χ3n) is 7.92. The van der Waals surface area contributed by atoms with Crippen molar-refractivity contribution in [3.8, 4) is 0 Å². The Bertz CT molecular complexity index is 1010. The Balaban J connectivity index is 1.29. The molecule has 31 heavy (non-hydrogen) atoms. The first-order valence-electron chi connectivity index (χ1n) is 11.4. The van der Waals surface area contributed by atoms with Gasteiger partial charge in [-0.1, -0.05) is 12.1 Å². The van der Waals surface area contributed by atoms with Gasteiger partial charge in [0.2, 0.25) is 11.8 Å². The van der Waals surface area contributed by atoms with E-state index in [2.05, 4.69) is 15.5 Å². The summed E-state index contributed by atoms with van der Waals surface area (Å²) < 4.78 is 0. The lowest BCUT2D eigenvalue weighted by Crippen LogP contribution is -2.54. The molecule has 5 atom stereocenters. The van der Waals surface area contributed by atoms with Gasteiger partial charge in [-0.25, -0.2) is 0 Å². The number of hydrogen-bond acceptors (Lipinski definition) is 6. The van der Waals surface area contributed by atoms with E-state index in [1.54, 1.807) is 6.07 Å². The number of benzene rings is 1. The fraction of sp³-hybridized carbons (Fsp3) is 0.565. The molecule has 5 unspecified atom stereocenters. The second-order valence-corrected chi connectivity index (χ2v) is 9.51. The van der Waals surface area contributed by atoms with Crippen LogP contribution < -0.4 is 10.6 Å². The molecule has 8 heteroatoms. The molecule has 1 aromatic rings. The topological polar surface area (TPSA) is 98.8 Å². The van der Waals surface area contributed by atoms with Crippen molar-refractivity contribution in [2.24, 2.45) is 5.92 Å². The molecule has 2 N–H and O–H groups in total. The smallest absolute Gasteiger partial charge is 0.262 e. The zero-order valence-electron chi connectivity index (χ0n) is 17.3. The minimum Gasteiger partial charge on any atom is -0.309 e. The lowest BCUT2D eigenvalue weighted by atomic mass is 9.78. The van der Waals surface area contributed by atoms with Gasteiger partial charge in [0, 0.05) is 31.1 Å². The van der Waals surface area contributed by atoms with Crippen molar-refractivity contribution in [1.29, 1.82) is 0 Å². The Morgan fingerprint density at radius 2 is 1.81 bits per heavy atom. The largest absolute Gasteiger partial charge is 0.309 e. The quantitative estimate of drug-likeness (QED) is 0.700. The maximum absolute atomic E-state index is 13.4. The number of nitrogens with one attached hydrogen (secondary N) is 2. The minimum atomic E-state index is -0.924. The normalized spacial score (nSPS) is 34.8. The number of amides is 4. The fourth-order valence-electron chi connectivity index (χ4n) is 6.64. The first-order chi connectivity index (χ1) is 15.0. The first kappa shape index (κ1) is 19.1. The van der Waals surface area contributed by atoms with E-state index >= 15 is 0 Å². The molecule has 5 heterocycles. The van der Waals surface area contributed by atoms with Crippen molar-refractivity contribution in [3.05, 3.63) is 34.9 Å². The SMILES string of the molecule is O=C1CCC(N2C(=O)c3cccc(CN4CCCC5C6CCC(N6)C54)c3C2=O)C(=O)N1. The van der Waals surface area contributed by atoms with Gasteiger partial charge in [-0.2, -0.15) is 0 Å². The summed E-state index contributed by atoms with van der Waals surface area (Å²) in [5.41, 5.74) is 1.65. The van der Waals surface area contributed by atoms with Crippen LogP contribution in [0.3, 0.4) is 0 Å². The van der Waals surface area contributed by atoms with Crippen molar-refractivity contribution in [1.82, 2.24) is 20.4 Å². The third kappa shape index (κ3) is 2.81. The van der Waals surface area contributed by atoms with Crippen molar-refractivity contribution in [3.63, 3.8) is 0 Å². The molecule has 5 aliphatic heterocycles.